The first kappa shape index (κ1) is 13.7. The molecule has 0 amide bonds. The smallest absolute Gasteiger partial charge is 0.322 e. The highest BCUT2D eigenvalue weighted by Gasteiger charge is 2.19. The standard InChI is InChI=1S/C12H21N3O2/c1-8(2)5-11(12(16)17-4)14-7-10-6-13-9(3)15-10/h6,8,11,14H,5,7H2,1-4H3,(H,13,15). The van der Waals surface area contributed by atoms with Crippen LogP contribution in [0.15, 0.2) is 6.20 Å². The Hall–Kier alpha value is -1.36. The number of ether oxygens (including phenoxy) is 1. The van der Waals surface area contributed by atoms with Gasteiger partial charge in [-0.1, -0.05) is 13.8 Å². The maximum atomic E-state index is 11.6. The lowest BCUT2D eigenvalue weighted by atomic mass is 10.0. The second kappa shape index (κ2) is 6.39. The predicted octanol–water partition coefficient (Wildman–Crippen LogP) is 1.40. The fourth-order valence-electron chi connectivity index (χ4n) is 1.67. The molecule has 0 aromatic carbocycles. The minimum atomic E-state index is -0.261. The Labute approximate surface area is 102 Å². The second-order valence-electron chi connectivity index (χ2n) is 4.58. The van der Waals surface area contributed by atoms with Gasteiger partial charge >= 0.3 is 5.97 Å². The minimum absolute atomic E-state index is 0.213. The Morgan fingerprint density at radius 3 is 2.76 bits per heavy atom. The normalized spacial score (nSPS) is 12.8. The molecule has 5 nitrogen and oxygen atoms in total. The average molecular weight is 239 g/mol. The van der Waals surface area contributed by atoms with Crippen molar-refractivity contribution in [2.24, 2.45) is 5.92 Å². The first-order valence-electron chi connectivity index (χ1n) is 5.84. The monoisotopic (exact) mass is 239 g/mol. The molecule has 1 heterocycles. The van der Waals surface area contributed by atoms with E-state index in [4.69, 9.17) is 4.74 Å². The number of hydrogen-bond acceptors (Lipinski definition) is 4. The number of nitrogens with one attached hydrogen (secondary N) is 2. The van der Waals surface area contributed by atoms with Gasteiger partial charge in [-0.2, -0.15) is 0 Å². The molecule has 1 aromatic heterocycles. The van der Waals surface area contributed by atoms with Gasteiger partial charge in [-0.15, -0.1) is 0 Å². The van der Waals surface area contributed by atoms with Crippen LogP contribution in [-0.4, -0.2) is 29.1 Å². The number of hydrogen-bond donors (Lipinski definition) is 2. The summed E-state index contributed by atoms with van der Waals surface area (Å²) in [5.41, 5.74) is 0.972. The van der Waals surface area contributed by atoms with Gasteiger partial charge in [-0.3, -0.25) is 10.1 Å². The molecule has 0 bridgehead atoms. The first-order valence-corrected chi connectivity index (χ1v) is 5.84. The number of rotatable bonds is 6. The van der Waals surface area contributed by atoms with Crippen molar-refractivity contribution in [1.82, 2.24) is 15.3 Å². The van der Waals surface area contributed by atoms with Gasteiger partial charge in [0.1, 0.15) is 11.9 Å². The summed E-state index contributed by atoms with van der Waals surface area (Å²) in [6, 6.07) is -0.261. The quantitative estimate of drug-likeness (QED) is 0.736. The molecule has 5 heteroatoms. The molecule has 0 fully saturated rings. The summed E-state index contributed by atoms with van der Waals surface area (Å²) >= 11 is 0. The number of H-pyrrole nitrogens is 1. The molecule has 1 unspecified atom stereocenters. The van der Waals surface area contributed by atoms with Gasteiger partial charge in [0.25, 0.3) is 0 Å². The molecule has 1 atom stereocenters. The molecule has 2 N–H and O–H groups in total. The van der Waals surface area contributed by atoms with Crippen LogP contribution < -0.4 is 5.32 Å². The Morgan fingerprint density at radius 1 is 1.59 bits per heavy atom. The van der Waals surface area contributed by atoms with Crippen LogP contribution in [0.1, 0.15) is 31.8 Å². The van der Waals surface area contributed by atoms with Crippen LogP contribution in [0.25, 0.3) is 0 Å². The molecule has 1 aromatic rings. The van der Waals surface area contributed by atoms with E-state index >= 15 is 0 Å². The molecule has 0 aliphatic heterocycles. The molecular weight excluding hydrogens is 218 g/mol. The zero-order valence-electron chi connectivity index (χ0n) is 10.9. The summed E-state index contributed by atoms with van der Waals surface area (Å²) in [5.74, 6) is 1.10. The lowest BCUT2D eigenvalue weighted by molar-refractivity contribution is -0.143. The van der Waals surface area contributed by atoms with Crippen molar-refractivity contribution in [2.45, 2.75) is 39.8 Å². The van der Waals surface area contributed by atoms with Crippen molar-refractivity contribution in [2.75, 3.05) is 7.11 Å². The van der Waals surface area contributed by atoms with E-state index in [1.807, 2.05) is 6.92 Å². The number of aromatic nitrogens is 2. The maximum absolute atomic E-state index is 11.6. The molecular formula is C12H21N3O2. The second-order valence-corrected chi connectivity index (χ2v) is 4.58. The number of carbonyl (C=O) groups is 1. The summed E-state index contributed by atoms with van der Waals surface area (Å²) in [6.07, 6.45) is 2.53. The van der Waals surface area contributed by atoms with Crippen LogP contribution in [0.3, 0.4) is 0 Å². The van der Waals surface area contributed by atoms with Crippen molar-refractivity contribution < 1.29 is 9.53 Å². The zero-order valence-corrected chi connectivity index (χ0v) is 10.9. The molecule has 0 saturated carbocycles. The molecule has 0 aliphatic carbocycles. The maximum Gasteiger partial charge on any atom is 0.322 e. The average Bonchev–Trinajstić information content (AvgIpc) is 2.68. The topological polar surface area (TPSA) is 67.0 Å². The number of esters is 1. The minimum Gasteiger partial charge on any atom is -0.468 e. The van der Waals surface area contributed by atoms with E-state index < -0.39 is 0 Å². The number of methoxy groups -OCH3 is 1. The van der Waals surface area contributed by atoms with Gasteiger partial charge in [0.05, 0.1) is 7.11 Å². The molecule has 17 heavy (non-hydrogen) atoms. The van der Waals surface area contributed by atoms with E-state index in [0.717, 1.165) is 17.9 Å². The lowest BCUT2D eigenvalue weighted by Gasteiger charge is -2.17. The highest BCUT2D eigenvalue weighted by molar-refractivity contribution is 5.75. The Morgan fingerprint density at radius 2 is 2.29 bits per heavy atom. The van der Waals surface area contributed by atoms with Crippen LogP contribution in [0.2, 0.25) is 0 Å². The summed E-state index contributed by atoms with van der Waals surface area (Å²) in [6.45, 7) is 6.65. The SMILES string of the molecule is COC(=O)C(CC(C)C)NCc1cnc(C)[nH]1. The van der Waals surface area contributed by atoms with Crippen LogP contribution >= 0.6 is 0 Å². The molecule has 0 radical (unpaired) electrons. The first-order chi connectivity index (χ1) is 8.02. The summed E-state index contributed by atoms with van der Waals surface area (Å²) in [5, 5.41) is 3.19. The summed E-state index contributed by atoms with van der Waals surface area (Å²) < 4.78 is 4.78. The third-order valence-corrected chi connectivity index (χ3v) is 2.49. The van der Waals surface area contributed by atoms with E-state index in [1.165, 1.54) is 7.11 Å². The Bertz CT molecular complexity index is 360. The molecule has 0 aliphatic rings. The molecule has 1 rings (SSSR count). The van der Waals surface area contributed by atoms with Gasteiger partial charge in [0, 0.05) is 18.4 Å². The summed E-state index contributed by atoms with van der Waals surface area (Å²) in [4.78, 5) is 18.8. The Balaban J connectivity index is 2.51. The highest BCUT2D eigenvalue weighted by atomic mass is 16.5. The van der Waals surface area contributed by atoms with Gasteiger partial charge in [-0.05, 0) is 19.3 Å². The van der Waals surface area contributed by atoms with Crippen LogP contribution in [-0.2, 0) is 16.1 Å². The van der Waals surface area contributed by atoms with E-state index in [-0.39, 0.29) is 12.0 Å². The van der Waals surface area contributed by atoms with E-state index in [1.54, 1.807) is 6.20 Å². The zero-order chi connectivity index (χ0) is 12.8. The van der Waals surface area contributed by atoms with Gasteiger partial charge in [-0.25, -0.2) is 4.98 Å². The van der Waals surface area contributed by atoms with Crippen molar-refractivity contribution in [3.8, 4) is 0 Å². The number of aryl methyl sites for hydroxylation is 1. The molecule has 0 spiro atoms. The van der Waals surface area contributed by atoms with Crippen molar-refractivity contribution >= 4 is 5.97 Å². The largest absolute Gasteiger partial charge is 0.468 e. The Kier molecular flexibility index (Phi) is 5.15. The lowest BCUT2D eigenvalue weighted by Crippen LogP contribution is -2.38. The molecule has 96 valence electrons. The van der Waals surface area contributed by atoms with Gasteiger partial charge < -0.3 is 9.72 Å². The van der Waals surface area contributed by atoms with Crippen molar-refractivity contribution in [1.29, 1.82) is 0 Å². The van der Waals surface area contributed by atoms with E-state index in [0.29, 0.717) is 12.5 Å². The number of carbonyl (C=O) groups excluding carboxylic acids is 1. The van der Waals surface area contributed by atoms with Crippen LogP contribution in [0.4, 0.5) is 0 Å². The third-order valence-electron chi connectivity index (χ3n) is 2.49. The van der Waals surface area contributed by atoms with Gasteiger partial charge in [0.2, 0.25) is 0 Å². The number of nitrogens with zero attached hydrogens (tertiary/aromatic N) is 1. The van der Waals surface area contributed by atoms with Crippen LogP contribution in [0, 0.1) is 12.8 Å². The van der Waals surface area contributed by atoms with Gasteiger partial charge in [0.15, 0.2) is 0 Å². The number of aromatic amines is 1. The summed E-state index contributed by atoms with van der Waals surface area (Å²) in [7, 11) is 1.41. The fraction of sp³-hybridized carbons (Fsp3) is 0.667. The highest BCUT2D eigenvalue weighted by Crippen LogP contribution is 2.07. The van der Waals surface area contributed by atoms with Crippen LogP contribution in [0.5, 0.6) is 0 Å². The third kappa shape index (κ3) is 4.56. The van der Waals surface area contributed by atoms with Crippen molar-refractivity contribution in [3.05, 3.63) is 17.7 Å². The van der Waals surface area contributed by atoms with E-state index in [2.05, 4.69) is 29.1 Å². The van der Waals surface area contributed by atoms with Crippen molar-refractivity contribution in [3.63, 3.8) is 0 Å². The molecule has 0 saturated heterocycles. The number of imidazole rings is 1. The predicted molar refractivity (Wildman–Crippen MR) is 65.4 cm³/mol. The van der Waals surface area contributed by atoms with E-state index in [9.17, 15) is 4.79 Å². The fourth-order valence-corrected chi connectivity index (χ4v) is 1.67.